The van der Waals surface area contributed by atoms with E-state index in [4.69, 9.17) is 9.47 Å². The van der Waals surface area contributed by atoms with E-state index in [2.05, 4.69) is 0 Å². The van der Waals surface area contributed by atoms with Gasteiger partial charge in [0.25, 0.3) is 0 Å². The highest BCUT2D eigenvalue weighted by Gasteiger charge is 2.33. The van der Waals surface area contributed by atoms with Gasteiger partial charge >= 0.3 is 0 Å². The molecule has 1 aliphatic rings. The van der Waals surface area contributed by atoms with Crippen molar-refractivity contribution in [1.29, 1.82) is 0 Å². The lowest BCUT2D eigenvalue weighted by molar-refractivity contribution is -0.131. The van der Waals surface area contributed by atoms with Gasteiger partial charge in [0, 0.05) is 18.2 Å². The van der Waals surface area contributed by atoms with E-state index >= 15 is 0 Å². The maximum atomic E-state index is 13.4. The molecule has 0 radical (unpaired) electrons. The van der Waals surface area contributed by atoms with Crippen LogP contribution in [0.15, 0.2) is 42.5 Å². The van der Waals surface area contributed by atoms with Gasteiger partial charge in [0.2, 0.25) is 5.91 Å². The Bertz CT molecular complexity index is 758. The van der Waals surface area contributed by atoms with Crippen molar-refractivity contribution in [2.24, 2.45) is 0 Å². The Morgan fingerprint density at radius 1 is 1.16 bits per heavy atom. The van der Waals surface area contributed by atoms with Crippen molar-refractivity contribution in [3.8, 4) is 11.5 Å². The molecule has 0 unspecified atom stereocenters. The van der Waals surface area contributed by atoms with Crippen molar-refractivity contribution < 1.29 is 18.7 Å². The minimum Gasteiger partial charge on any atom is -0.497 e. The zero-order valence-electron chi connectivity index (χ0n) is 14.5. The molecule has 132 valence electrons. The molecule has 0 bridgehead atoms. The number of ether oxygens (including phenoxy) is 2. The number of carbonyl (C=O) groups is 1. The van der Waals surface area contributed by atoms with E-state index in [0.717, 1.165) is 29.9 Å². The number of hydrogen-bond acceptors (Lipinski definition) is 3. The van der Waals surface area contributed by atoms with Crippen LogP contribution in [0, 0.1) is 5.82 Å². The summed E-state index contributed by atoms with van der Waals surface area (Å²) < 4.78 is 24.1. The van der Waals surface area contributed by atoms with Gasteiger partial charge in [0.15, 0.2) is 0 Å². The first kappa shape index (κ1) is 17.3. The lowest BCUT2D eigenvalue weighted by Gasteiger charge is -2.24. The van der Waals surface area contributed by atoms with Gasteiger partial charge in [-0.2, -0.15) is 0 Å². The number of methoxy groups -OCH3 is 2. The third kappa shape index (κ3) is 4.29. The monoisotopic (exact) mass is 343 g/mol. The van der Waals surface area contributed by atoms with Gasteiger partial charge < -0.3 is 14.4 Å². The molecule has 3 rings (SSSR count). The highest BCUT2D eigenvalue weighted by molar-refractivity contribution is 5.79. The highest BCUT2D eigenvalue weighted by Crippen LogP contribution is 2.32. The van der Waals surface area contributed by atoms with Crippen LogP contribution < -0.4 is 9.47 Å². The smallest absolute Gasteiger partial charge is 0.227 e. The minimum absolute atomic E-state index is 0.00188. The van der Waals surface area contributed by atoms with E-state index in [1.54, 1.807) is 26.4 Å². The molecule has 0 atom stereocenters. The normalized spacial score (nSPS) is 13.4. The summed E-state index contributed by atoms with van der Waals surface area (Å²) in [5.41, 5.74) is 1.59. The molecule has 0 aliphatic heterocycles. The number of benzene rings is 2. The Hall–Kier alpha value is -2.56. The van der Waals surface area contributed by atoms with E-state index in [-0.39, 0.29) is 24.2 Å². The standard InChI is InChI=1S/C20H22FNO3/c1-24-18-8-9-19(25-2)15(12-18)13-22(17-6-7-17)20(23)11-14-4-3-5-16(21)10-14/h3-5,8-10,12,17H,6-7,11,13H2,1-2H3. The average Bonchev–Trinajstić information content (AvgIpc) is 3.44. The predicted molar refractivity (Wildman–Crippen MR) is 93.2 cm³/mol. The van der Waals surface area contributed by atoms with E-state index in [1.807, 2.05) is 23.1 Å². The lowest BCUT2D eigenvalue weighted by atomic mass is 10.1. The van der Waals surface area contributed by atoms with Crippen molar-refractivity contribution in [3.05, 3.63) is 59.4 Å². The fraction of sp³-hybridized carbons (Fsp3) is 0.350. The van der Waals surface area contributed by atoms with Gasteiger partial charge in [-0.1, -0.05) is 12.1 Å². The number of halogens is 1. The molecule has 1 aliphatic carbocycles. The summed E-state index contributed by atoms with van der Waals surface area (Å²) in [6.45, 7) is 0.458. The quantitative estimate of drug-likeness (QED) is 0.771. The first-order valence-electron chi connectivity index (χ1n) is 8.35. The highest BCUT2D eigenvalue weighted by atomic mass is 19.1. The second-order valence-corrected chi connectivity index (χ2v) is 6.24. The molecule has 1 amide bonds. The van der Waals surface area contributed by atoms with Crippen molar-refractivity contribution in [2.45, 2.75) is 31.8 Å². The molecular formula is C20H22FNO3. The molecule has 0 heterocycles. The van der Waals surface area contributed by atoms with Gasteiger partial charge in [0.05, 0.1) is 20.6 Å². The summed E-state index contributed by atoms with van der Waals surface area (Å²) in [6.07, 6.45) is 2.20. The van der Waals surface area contributed by atoms with Crippen LogP contribution >= 0.6 is 0 Å². The maximum absolute atomic E-state index is 13.4. The van der Waals surface area contributed by atoms with Crippen LogP contribution in [0.5, 0.6) is 11.5 Å². The molecule has 0 spiro atoms. The molecule has 5 heteroatoms. The molecule has 0 aromatic heterocycles. The number of hydrogen-bond donors (Lipinski definition) is 0. The average molecular weight is 343 g/mol. The van der Waals surface area contributed by atoms with Gasteiger partial charge in [-0.25, -0.2) is 4.39 Å². The fourth-order valence-electron chi connectivity index (χ4n) is 2.92. The van der Waals surface area contributed by atoms with Crippen LogP contribution in [0.2, 0.25) is 0 Å². The number of rotatable bonds is 7. The topological polar surface area (TPSA) is 38.8 Å². The molecule has 4 nitrogen and oxygen atoms in total. The Morgan fingerprint density at radius 3 is 2.60 bits per heavy atom. The van der Waals surface area contributed by atoms with Crippen molar-refractivity contribution in [2.75, 3.05) is 14.2 Å². The largest absolute Gasteiger partial charge is 0.497 e. The minimum atomic E-state index is -0.322. The summed E-state index contributed by atoms with van der Waals surface area (Å²) in [5, 5.41) is 0. The Balaban J connectivity index is 1.79. The summed E-state index contributed by atoms with van der Waals surface area (Å²) >= 11 is 0. The number of nitrogens with zero attached hydrogens (tertiary/aromatic N) is 1. The Labute approximate surface area is 147 Å². The predicted octanol–water partition coefficient (Wildman–Crippen LogP) is 3.58. The number of carbonyl (C=O) groups excluding carboxylic acids is 1. The first-order chi connectivity index (χ1) is 12.1. The molecule has 1 fully saturated rings. The molecule has 0 saturated heterocycles. The number of amides is 1. The van der Waals surface area contributed by atoms with Crippen LogP contribution in [0.25, 0.3) is 0 Å². The van der Waals surface area contributed by atoms with E-state index in [1.165, 1.54) is 12.1 Å². The fourth-order valence-corrected chi connectivity index (χ4v) is 2.92. The van der Waals surface area contributed by atoms with Crippen LogP contribution in [0.4, 0.5) is 4.39 Å². The van der Waals surface area contributed by atoms with Crippen LogP contribution in [0.3, 0.4) is 0 Å². The second kappa shape index (κ2) is 7.55. The van der Waals surface area contributed by atoms with Crippen LogP contribution in [-0.2, 0) is 17.8 Å². The molecular weight excluding hydrogens is 321 g/mol. The molecule has 2 aromatic carbocycles. The third-order valence-electron chi connectivity index (χ3n) is 4.38. The first-order valence-corrected chi connectivity index (χ1v) is 8.35. The maximum Gasteiger partial charge on any atom is 0.227 e. The van der Waals surface area contributed by atoms with Crippen molar-refractivity contribution in [1.82, 2.24) is 4.90 Å². The van der Waals surface area contributed by atoms with Gasteiger partial charge in [-0.3, -0.25) is 4.79 Å². The van der Waals surface area contributed by atoms with Crippen molar-refractivity contribution in [3.63, 3.8) is 0 Å². The Morgan fingerprint density at radius 2 is 1.96 bits per heavy atom. The van der Waals surface area contributed by atoms with Crippen LogP contribution in [-0.4, -0.2) is 31.1 Å². The summed E-state index contributed by atoms with van der Waals surface area (Å²) in [7, 11) is 3.22. The summed E-state index contributed by atoms with van der Waals surface area (Å²) in [4.78, 5) is 14.7. The van der Waals surface area contributed by atoms with Gasteiger partial charge in [-0.15, -0.1) is 0 Å². The van der Waals surface area contributed by atoms with Gasteiger partial charge in [0.1, 0.15) is 17.3 Å². The zero-order valence-corrected chi connectivity index (χ0v) is 14.5. The van der Waals surface area contributed by atoms with E-state index in [9.17, 15) is 9.18 Å². The molecule has 25 heavy (non-hydrogen) atoms. The zero-order chi connectivity index (χ0) is 17.8. The second-order valence-electron chi connectivity index (χ2n) is 6.24. The Kier molecular flexibility index (Phi) is 5.22. The van der Waals surface area contributed by atoms with Gasteiger partial charge in [-0.05, 0) is 48.7 Å². The van der Waals surface area contributed by atoms with E-state index in [0.29, 0.717) is 12.1 Å². The molecule has 1 saturated carbocycles. The SMILES string of the molecule is COc1ccc(OC)c(CN(C(=O)Cc2cccc(F)c2)C2CC2)c1. The van der Waals surface area contributed by atoms with Crippen LogP contribution in [0.1, 0.15) is 24.0 Å². The van der Waals surface area contributed by atoms with E-state index < -0.39 is 0 Å². The molecule has 2 aromatic rings. The summed E-state index contributed by atoms with van der Waals surface area (Å²) in [6, 6.07) is 12.0. The lowest BCUT2D eigenvalue weighted by Crippen LogP contribution is -2.34. The van der Waals surface area contributed by atoms with Crippen molar-refractivity contribution >= 4 is 5.91 Å². The molecule has 0 N–H and O–H groups in total. The third-order valence-corrected chi connectivity index (χ3v) is 4.38. The summed E-state index contributed by atoms with van der Waals surface area (Å²) in [5.74, 6) is 1.13.